The molecule has 5 rings (SSSR count). The van der Waals surface area contributed by atoms with E-state index in [1.54, 1.807) is 0 Å². The van der Waals surface area contributed by atoms with Crippen molar-refractivity contribution in [3.05, 3.63) is 58.8 Å². The average molecular weight is 419 g/mol. The van der Waals surface area contributed by atoms with Gasteiger partial charge in [0.15, 0.2) is 17.3 Å². The third-order valence-corrected chi connectivity index (χ3v) is 6.70. The van der Waals surface area contributed by atoms with Gasteiger partial charge in [-0.15, -0.1) is 0 Å². The summed E-state index contributed by atoms with van der Waals surface area (Å²) < 4.78 is 11.3. The van der Waals surface area contributed by atoms with Gasteiger partial charge in [0.2, 0.25) is 6.79 Å². The van der Waals surface area contributed by atoms with Crippen LogP contribution in [-0.2, 0) is 4.79 Å². The molecule has 31 heavy (non-hydrogen) atoms. The number of carbonyl (C=O) groups is 1. The van der Waals surface area contributed by atoms with E-state index in [1.165, 1.54) is 5.69 Å². The van der Waals surface area contributed by atoms with Gasteiger partial charge in [-0.2, -0.15) is 0 Å². The van der Waals surface area contributed by atoms with Crippen molar-refractivity contribution < 1.29 is 14.3 Å². The van der Waals surface area contributed by atoms with E-state index in [1.807, 2.05) is 12.1 Å². The zero-order valence-corrected chi connectivity index (χ0v) is 18.7. The van der Waals surface area contributed by atoms with Gasteiger partial charge in [0.05, 0.1) is 0 Å². The lowest BCUT2D eigenvalue weighted by Gasteiger charge is -2.39. The van der Waals surface area contributed by atoms with E-state index in [0.717, 1.165) is 59.1 Å². The third-order valence-electron chi connectivity index (χ3n) is 6.70. The Balaban J connectivity index is 1.64. The van der Waals surface area contributed by atoms with Crippen molar-refractivity contribution in [1.29, 1.82) is 0 Å². The van der Waals surface area contributed by atoms with E-state index in [2.05, 4.69) is 62.2 Å². The fourth-order valence-corrected chi connectivity index (χ4v) is 5.22. The Hall–Kier alpha value is -2.95. The summed E-state index contributed by atoms with van der Waals surface area (Å²) in [5, 5.41) is 3.58. The van der Waals surface area contributed by atoms with Gasteiger partial charge in [0.1, 0.15) is 0 Å². The van der Waals surface area contributed by atoms with Crippen molar-refractivity contribution in [3.63, 3.8) is 0 Å². The van der Waals surface area contributed by atoms with Crippen LogP contribution < -0.4 is 19.7 Å². The molecule has 2 aliphatic heterocycles. The van der Waals surface area contributed by atoms with Crippen LogP contribution >= 0.6 is 0 Å². The minimum atomic E-state index is -0.102. The van der Waals surface area contributed by atoms with Crippen molar-refractivity contribution >= 4 is 17.2 Å². The maximum atomic E-state index is 13.4. The molecule has 2 aromatic carbocycles. The van der Waals surface area contributed by atoms with Gasteiger partial charge in [0.25, 0.3) is 0 Å². The highest BCUT2D eigenvalue weighted by molar-refractivity contribution is 6.01. The average Bonchev–Trinajstić information content (AvgIpc) is 3.18. The molecule has 3 aliphatic rings. The molecule has 0 bridgehead atoms. The smallest absolute Gasteiger partial charge is 0.231 e. The van der Waals surface area contributed by atoms with E-state index in [-0.39, 0.29) is 23.9 Å². The van der Waals surface area contributed by atoms with Crippen LogP contribution in [0.15, 0.2) is 47.7 Å². The zero-order chi connectivity index (χ0) is 21.8. The number of anilines is 2. The second-order valence-corrected chi connectivity index (χ2v) is 9.45. The minimum absolute atomic E-state index is 0.0477. The zero-order valence-electron chi connectivity index (χ0n) is 18.7. The van der Waals surface area contributed by atoms with Crippen LogP contribution in [0, 0.1) is 5.41 Å². The first-order valence-corrected chi connectivity index (χ1v) is 11.2. The van der Waals surface area contributed by atoms with E-state index >= 15 is 0 Å². The number of benzene rings is 2. The summed E-state index contributed by atoms with van der Waals surface area (Å²) in [5.41, 5.74) is 6.33. The van der Waals surface area contributed by atoms with Gasteiger partial charge < -0.3 is 19.7 Å². The van der Waals surface area contributed by atoms with Gasteiger partial charge in [-0.25, -0.2) is 0 Å². The quantitative estimate of drug-likeness (QED) is 0.714. The Morgan fingerprint density at radius 2 is 1.71 bits per heavy atom. The maximum Gasteiger partial charge on any atom is 0.231 e. The van der Waals surface area contributed by atoms with Crippen molar-refractivity contribution in [2.24, 2.45) is 5.41 Å². The first-order chi connectivity index (χ1) is 14.9. The molecule has 1 atom stereocenters. The molecule has 162 valence electrons. The molecule has 1 N–H and O–H groups in total. The molecule has 1 aliphatic carbocycles. The first kappa shape index (κ1) is 20.0. The van der Waals surface area contributed by atoms with Gasteiger partial charge >= 0.3 is 0 Å². The molecule has 0 aromatic heterocycles. The fraction of sp³-hybridized carbons (Fsp3) is 0.423. The van der Waals surface area contributed by atoms with Gasteiger partial charge in [-0.05, 0) is 55.0 Å². The van der Waals surface area contributed by atoms with Gasteiger partial charge in [-0.3, -0.25) is 4.79 Å². The highest BCUT2D eigenvalue weighted by atomic mass is 16.7. The topological polar surface area (TPSA) is 50.8 Å². The number of nitrogens with one attached hydrogen (secondary N) is 1. The van der Waals surface area contributed by atoms with Crippen LogP contribution in [0.25, 0.3) is 0 Å². The summed E-state index contributed by atoms with van der Waals surface area (Å²) in [4.78, 5) is 15.7. The summed E-state index contributed by atoms with van der Waals surface area (Å²) in [7, 11) is 0. The Morgan fingerprint density at radius 3 is 2.39 bits per heavy atom. The summed E-state index contributed by atoms with van der Waals surface area (Å²) in [6.07, 6.45) is 1.43. The largest absolute Gasteiger partial charge is 0.454 e. The minimum Gasteiger partial charge on any atom is -0.454 e. The highest BCUT2D eigenvalue weighted by Crippen LogP contribution is 2.51. The van der Waals surface area contributed by atoms with E-state index in [0.29, 0.717) is 6.42 Å². The fourth-order valence-electron chi connectivity index (χ4n) is 5.22. The second-order valence-electron chi connectivity index (χ2n) is 9.45. The molecule has 0 fully saturated rings. The van der Waals surface area contributed by atoms with Gasteiger partial charge in [-0.1, -0.05) is 26.0 Å². The molecule has 0 saturated carbocycles. The molecule has 0 radical (unpaired) electrons. The summed E-state index contributed by atoms with van der Waals surface area (Å²) >= 11 is 0. The van der Waals surface area contributed by atoms with Crippen LogP contribution in [0.5, 0.6) is 11.5 Å². The number of allylic oxidation sites excluding steroid dienone is 2. The van der Waals surface area contributed by atoms with Crippen LogP contribution in [0.1, 0.15) is 57.6 Å². The standard InChI is InChI=1S/C26H30N2O3/c1-5-28(6-2)17-9-7-16(8-10-17)24-18-11-22-23(31-15-30-22)12-19(18)27-20-13-26(3,4)14-21(29)25(20)24/h7-12,24,27H,5-6,13-15H2,1-4H3/t24-/m0/s1. The molecule has 5 heteroatoms. The Labute approximate surface area is 184 Å². The summed E-state index contributed by atoms with van der Waals surface area (Å²) in [5.74, 6) is 1.64. The number of Topliss-reactive ketones (excluding diaryl/α,β-unsaturated/α-hetero) is 1. The number of ketones is 1. The molecule has 0 spiro atoms. The lowest BCUT2D eigenvalue weighted by molar-refractivity contribution is -0.118. The monoisotopic (exact) mass is 418 g/mol. The normalized spacial score (nSPS) is 20.8. The summed E-state index contributed by atoms with van der Waals surface area (Å²) in [6, 6.07) is 12.8. The number of ether oxygens (including phenoxy) is 2. The van der Waals surface area contributed by atoms with Crippen molar-refractivity contribution in [2.75, 3.05) is 30.1 Å². The molecule has 5 nitrogen and oxygen atoms in total. The summed E-state index contributed by atoms with van der Waals surface area (Å²) in [6.45, 7) is 10.8. The van der Waals surface area contributed by atoms with E-state index in [4.69, 9.17) is 9.47 Å². The van der Waals surface area contributed by atoms with E-state index in [9.17, 15) is 4.79 Å². The maximum absolute atomic E-state index is 13.4. The Kier molecular flexibility index (Phi) is 4.72. The lowest BCUT2D eigenvalue weighted by Crippen LogP contribution is -2.33. The molecule has 0 unspecified atom stereocenters. The Bertz CT molecular complexity index is 1060. The van der Waals surface area contributed by atoms with Crippen LogP contribution in [0.4, 0.5) is 11.4 Å². The molecule has 2 heterocycles. The number of hydrogen-bond acceptors (Lipinski definition) is 5. The van der Waals surface area contributed by atoms with Crippen LogP contribution in [0.2, 0.25) is 0 Å². The Morgan fingerprint density at radius 1 is 1.03 bits per heavy atom. The number of rotatable bonds is 4. The van der Waals surface area contributed by atoms with Crippen LogP contribution in [-0.4, -0.2) is 25.7 Å². The predicted molar refractivity (Wildman–Crippen MR) is 123 cm³/mol. The second kappa shape index (κ2) is 7.33. The van der Waals surface area contributed by atoms with Crippen molar-refractivity contribution in [1.82, 2.24) is 0 Å². The molecule has 0 amide bonds. The third kappa shape index (κ3) is 3.36. The van der Waals surface area contributed by atoms with Crippen molar-refractivity contribution in [2.45, 2.75) is 46.5 Å². The van der Waals surface area contributed by atoms with Gasteiger partial charge in [0, 0.05) is 54.1 Å². The van der Waals surface area contributed by atoms with Crippen LogP contribution in [0.3, 0.4) is 0 Å². The molecular formula is C26H30N2O3. The highest BCUT2D eigenvalue weighted by Gasteiger charge is 2.41. The van der Waals surface area contributed by atoms with E-state index < -0.39 is 0 Å². The number of fused-ring (bicyclic) bond motifs is 2. The molecular weight excluding hydrogens is 388 g/mol. The number of nitrogens with zero attached hydrogens (tertiary/aromatic N) is 1. The SMILES string of the molecule is CCN(CC)c1ccc([C@@H]2C3=C(CC(C)(C)CC3=O)Nc3cc4c(cc32)OCO4)cc1. The number of hydrogen-bond donors (Lipinski definition) is 1. The molecule has 2 aromatic rings. The number of carbonyl (C=O) groups excluding carboxylic acids is 1. The van der Waals surface area contributed by atoms with Crippen molar-refractivity contribution in [3.8, 4) is 11.5 Å². The lowest BCUT2D eigenvalue weighted by atomic mass is 9.68. The predicted octanol–water partition coefficient (Wildman–Crippen LogP) is 5.46. The first-order valence-electron chi connectivity index (χ1n) is 11.2. The molecule has 0 saturated heterocycles.